The SMILES string of the molecule is CCCCCCCCCCC(C)OS(=O)(=S)c1ccccc1. The zero-order chi connectivity index (χ0) is 16.3. The molecule has 0 heterocycles. The van der Waals surface area contributed by atoms with Crippen LogP contribution in [0, 0.1) is 0 Å². The molecular formula is C18H30O2S2. The van der Waals surface area contributed by atoms with E-state index in [0.29, 0.717) is 4.90 Å². The minimum Gasteiger partial charge on any atom is -0.283 e. The average Bonchev–Trinajstić information content (AvgIpc) is 2.50. The summed E-state index contributed by atoms with van der Waals surface area (Å²) in [6.45, 7) is 4.21. The van der Waals surface area contributed by atoms with Gasteiger partial charge in [0.25, 0.3) is 0 Å². The van der Waals surface area contributed by atoms with Gasteiger partial charge in [0.15, 0.2) is 8.77 Å². The molecule has 1 aromatic carbocycles. The molecule has 2 nitrogen and oxygen atoms in total. The van der Waals surface area contributed by atoms with Gasteiger partial charge in [-0.3, -0.25) is 4.18 Å². The highest BCUT2D eigenvalue weighted by atomic mass is 32.8. The lowest BCUT2D eigenvalue weighted by molar-refractivity contribution is 0.229. The summed E-state index contributed by atoms with van der Waals surface area (Å²) in [6, 6.07) is 9.12. The smallest absolute Gasteiger partial charge is 0.173 e. The summed E-state index contributed by atoms with van der Waals surface area (Å²) >= 11 is 5.15. The van der Waals surface area contributed by atoms with Gasteiger partial charge in [-0.25, -0.2) is 4.21 Å². The van der Waals surface area contributed by atoms with Gasteiger partial charge in [-0.1, -0.05) is 76.5 Å². The monoisotopic (exact) mass is 342 g/mol. The van der Waals surface area contributed by atoms with Crippen LogP contribution in [-0.4, -0.2) is 10.3 Å². The van der Waals surface area contributed by atoms with Gasteiger partial charge in [-0.15, -0.1) is 0 Å². The Morgan fingerprint density at radius 1 is 1.00 bits per heavy atom. The van der Waals surface area contributed by atoms with Gasteiger partial charge in [-0.05, 0) is 25.5 Å². The predicted molar refractivity (Wildman–Crippen MR) is 98.0 cm³/mol. The fourth-order valence-electron chi connectivity index (χ4n) is 2.47. The third-order valence-electron chi connectivity index (χ3n) is 3.79. The van der Waals surface area contributed by atoms with Crippen molar-refractivity contribution < 1.29 is 8.39 Å². The van der Waals surface area contributed by atoms with Crippen molar-refractivity contribution >= 4 is 20.0 Å². The summed E-state index contributed by atoms with van der Waals surface area (Å²) in [7, 11) is -2.78. The van der Waals surface area contributed by atoms with Gasteiger partial charge in [0.2, 0.25) is 0 Å². The minimum atomic E-state index is -2.78. The Hall–Kier alpha value is -0.450. The van der Waals surface area contributed by atoms with Gasteiger partial charge in [0.05, 0.1) is 11.0 Å². The molecule has 0 aliphatic carbocycles. The van der Waals surface area contributed by atoms with Gasteiger partial charge in [-0.2, -0.15) is 0 Å². The van der Waals surface area contributed by atoms with Crippen molar-refractivity contribution in [2.45, 2.75) is 82.6 Å². The van der Waals surface area contributed by atoms with Crippen molar-refractivity contribution in [3.05, 3.63) is 30.3 Å². The fourth-order valence-corrected chi connectivity index (χ4v) is 4.34. The van der Waals surface area contributed by atoms with Crippen molar-refractivity contribution in [3.63, 3.8) is 0 Å². The summed E-state index contributed by atoms with van der Waals surface area (Å²) in [5.74, 6) is 0. The number of unbranched alkanes of at least 4 members (excludes halogenated alkanes) is 7. The molecule has 22 heavy (non-hydrogen) atoms. The molecule has 1 rings (SSSR count). The van der Waals surface area contributed by atoms with E-state index in [0.717, 1.165) is 12.8 Å². The van der Waals surface area contributed by atoms with E-state index in [1.165, 1.54) is 44.9 Å². The van der Waals surface area contributed by atoms with Crippen molar-refractivity contribution in [3.8, 4) is 0 Å². The largest absolute Gasteiger partial charge is 0.283 e. The Bertz CT molecular complexity index is 483. The van der Waals surface area contributed by atoms with E-state index in [9.17, 15) is 4.21 Å². The van der Waals surface area contributed by atoms with Crippen LogP contribution in [0.4, 0.5) is 0 Å². The maximum atomic E-state index is 12.4. The molecule has 0 aliphatic rings. The van der Waals surface area contributed by atoms with Gasteiger partial charge < -0.3 is 0 Å². The highest BCUT2D eigenvalue weighted by Crippen LogP contribution is 2.17. The highest BCUT2D eigenvalue weighted by molar-refractivity contribution is 8.30. The van der Waals surface area contributed by atoms with Crippen molar-refractivity contribution in [2.24, 2.45) is 0 Å². The minimum absolute atomic E-state index is 0.0507. The molecule has 126 valence electrons. The van der Waals surface area contributed by atoms with Crippen LogP contribution in [0.15, 0.2) is 35.2 Å². The van der Waals surface area contributed by atoms with Crippen molar-refractivity contribution in [1.29, 1.82) is 0 Å². The maximum Gasteiger partial charge on any atom is 0.173 e. The van der Waals surface area contributed by atoms with Gasteiger partial charge in [0, 0.05) is 11.2 Å². The Balaban J connectivity index is 2.17. The summed E-state index contributed by atoms with van der Waals surface area (Å²) in [6.07, 6.45) is 11.2. The Labute approximate surface area is 141 Å². The molecule has 0 saturated heterocycles. The predicted octanol–water partition coefficient (Wildman–Crippen LogP) is 5.64. The lowest BCUT2D eigenvalue weighted by atomic mass is 10.1. The van der Waals surface area contributed by atoms with Crippen LogP contribution in [0.25, 0.3) is 0 Å². The second-order valence-corrected chi connectivity index (χ2v) is 8.83. The van der Waals surface area contributed by atoms with Crippen molar-refractivity contribution in [2.75, 3.05) is 0 Å². The van der Waals surface area contributed by atoms with E-state index < -0.39 is 8.77 Å². The second kappa shape index (κ2) is 11.1. The molecular weight excluding hydrogens is 312 g/mol. The molecule has 4 heteroatoms. The normalized spacial score (nSPS) is 15.4. The Kier molecular flexibility index (Phi) is 9.92. The van der Waals surface area contributed by atoms with E-state index in [2.05, 4.69) is 6.92 Å². The molecule has 0 radical (unpaired) electrons. The maximum absolute atomic E-state index is 12.4. The van der Waals surface area contributed by atoms with Crippen LogP contribution < -0.4 is 0 Å². The second-order valence-electron chi connectivity index (χ2n) is 5.94. The van der Waals surface area contributed by atoms with Crippen LogP contribution >= 0.6 is 0 Å². The van der Waals surface area contributed by atoms with Crippen LogP contribution in [0.1, 0.15) is 71.6 Å². The number of rotatable bonds is 12. The molecule has 0 aliphatic heterocycles. The number of benzene rings is 1. The molecule has 0 fully saturated rings. The quantitative estimate of drug-likeness (QED) is 0.460. The van der Waals surface area contributed by atoms with E-state index in [4.69, 9.17) is 15.4 Å². The van der Waals surface area contributed by atoms with Crippen molar-refractivity contribution in [1.82, 2.24) is 0 Å². The van der Waals surface area contributed by atoms with Crippen LogP contribution in [0.3, 0.4) is 0 Å². The van der Waals surface area contributed by atoms with E-state index >= 15 is 0 Å². The van der Waals surface area contributed by atoms with Gasteiger partial charge in [0.1, 0.15) is 0 Å². The summed E-state index contributed by atoms with van der Waals surface area (Å²) in [5, 5.41) is 0. The molecule has 1 aromatic rings. The zero-order valence-corrected chi connectivity index (χ0v) is 15.6. The van der Waals surface area contributed by atoms with E-state index in [-0.39, 0.29) is 6.10 Å². The molecule has 0 bridgehead atoms. The lowest BCUT2D eigenvalue weighted by Crippen LogP contribution is -2.14. The number of hydrogen-bond acceptors (Lipinski definition) is 3. The third-order valence-corrected chi connectivity index (χ3v) is 6.03. The molecule has 0 amide bonds. The average molecular weight is 343 g/mol. The molecule has 0 spiro atoms. The Morgan fingerprint density at radius 3 is 2.14 bits per heavy atom. The first-order valence-corrected chi connectivity index (χ1v) is 11.0. The van der Waals surface area contributed by atoms with E-state index in [1.54, 1.807) is 12.1 Å². The zero-order valence-electron chi connectivity index (χ0n) is 14.0. The van der Waals surface area contributed by atoms with Crippen LogP contribution in [0.5, 0.6) is 0 Å². The van der Waals surface area contributed by atoms with Gasteiger partial charge >= 0.3 is 0 Å². The van der Waals surface area contributed by atoms with Crippen LogP contribution in [0.2, 0.25) is 0 Å². The lowest BCUT2D eigenvalue weighted by Gasteiger charge is -2.15. The molecule has 2 atom stereocenters. The first-order valence-electron chi connectivity index (χ1n) is 8.54. The molecule has 0 saturated carbocycles. The standard InChI is InChI=1S/C18H30O2S2/c1-3-4-5-6-7-8-9-11-14-17(2)20-22(19,21)18-15-12-10-13-16-18/h10,12-13,15-17H,3-9,11,14H2,1-2H3. The van der Waals surface area contributed by atoms with Crippen LogP contribution in [-0.2, 0) is 24.1 Å². The number of hydrogen-bond donors (Lipinski definition) is 0. The van der Waals surface area contributed by atoms with E-state index in [1.807, 2.05) is 25.1 Å². The molecule has 2 unspecified atom stereocenters. The first kappa shape index (κ1) is 19.6. The fraction of sp³-hybridized carbons (Fsp3) is 0.667. The summed E-state index contributed by atoms with van der Waals surface area (Å²) in [4.78, 5) is 0.604. The first-order chi connectivity index (χ1) is 10.6. The third kappa shape index (κ3) is 8.25. The topological polar surface area (TPSA) is 26.3 Å². The molecule has 0 N–H and O–H groups in total. The molecule has 0 aromatic heterocycles. The highest BCUT2D eigenvalue weighted by Gasteiger charge is 2.14. The summed E-state index contributed by atoms with van der Waals surface area (Å²) < 4.78 is 18.1. The Morgan fingerprint density at radius 2 is 1.55 bits per heavy atom. The summed E-state index contributed by atoms with van der Waals surface area (Å²) in [5.41, 5.74) is 0.